The van der Waals surface area contributed by atoms with Gasteiger partial charge in [0.15, 0.2) is 0 Å². The smallest absolute Gasteiger partial charge is 0.0366 e. The molecule has 0 aliphatic carbocycles. The van der Waals surface area contributed by atoms with Crippen molar-refractivity contribution in [1.29, 1.82) is 0 Å². The van der Waals surface area contributed by atoms with E-state index in [2.05, 4.69) is 177 Å². The van der Waals surface area contributed by atoms with Crippen LogP contribution in [0.1, 0.15) is 61.4 Å². The summed E-state index contributed by atoms with van der Waals surface area (Å²) in [4.78, 5) is 2.40. The van der Waals surface area contributed by atoms with Crippen LogP contribution in [-0.4, -0.2) is 25.2 Å². The first kappa shape index (κ1) is 30.9. The lowest BCUT2D eigenvalue weighted by atomic mass is 9.85. The van der Waals surface area contributed by atoms with Crippen LogP contribution in [0, 0.1) is 0 Å². The van der Waals surface area contributed by atoms with Gasteiger partial charge in [-0.15, -0.1) is 0 Å². The molecule has 0 bridgehead atoms. The highest BCUT2D eigenvalue weighted by Crippen LogP contribution is 2.34. The average molecular weight is 582 g/mol. The van der Waals surface area contributed by atoms with Crippen molar-refractivity contribution in [3.8, 4) is 0 Å². The minimum Gasteiger partial charge on any atom is -0.382 e. The molecule has 226 valence electrons. The highest BCUT2D eigenvalue weighted by molar-refractivity contribution is 5.55. The van der Waals surface area contributed by atoms with Gasteiger partial charge in [-0.3, -0.25) is 0 Å². The molecule has 0 aliphatic heterocycles. The van der Waals surface area contributed by atoms with Crippen LogP contribution in [-0.2, 0) is 12.8 Å². The summed E-state index contributed by atoms with van der Waals surface area (Å²) in [6.45, 7) is 10.9. The minimum atomic E-state index is 0.146. The van der Waals surface area contributed by atoms with E-state index >= 15 is 0 Å². The zero-order chi connectivity index (χ0) is 30.7. The van der Waals surface area contributed by atoms with E-state index in [-0.39, 0.29) is 5.92 Å². The first-order valence-corrected chi connectivity index (χ1v) is 16.2. The van der Waals surface area contributed by atoms with Gasteiger partial charge < -0.3 is 15.5 Å². The van der Waals surface area contributed by atoms with E-state index in [4.69, 9.17) is 0 Å². The maximum absolute atomic E-state index is 3.70. The van der Waals surface area contributed by atoms with Crippen molar-refractivity contribution in [3.05, 3.63) is 161 Å². The second-order valence-corrected chi connectivity index (χ2v) is 11.9. The number of hydrogen-bond donors (Lipinski definition) is 2. The number of hydrogen-bond acceptors (Lipinski definition) is 3. The third kappa shape index (κ3) is 8.32. The van der Waals surface area contributed by atoms with E-state index in [0.29, 0.717) is 12.1 Å². The third-order valence-electron chi connectivity index (χ3n) is 8.44. The molecular weight excluding hydrogens is 534 g/mol. The number of nitrogens with zero attached hydrogens (tertiary/aromatic N) is 1. The lowest BCUT2D eigenvalue weighted by Crippen LogP contribution is -2.21. The summed E-state index contributed by atoms with van der Waals surface area (Å²) >= 11 is 0. The van der Waals surface area contributed by atoms with Gasteiger partial charge in [-0.1, -0.05) is 97.1 Å². The Morgan fingerprint density at radius 3 is 1.20 bits per heavy atom. The molecular formula is C41H47N3. The van der Waals surface area contributed by atoms with Crippen LogP contribution >= 0.6 is 0 Å². The number of nitrogens with one attached hydrogen (secondary N) is 2. The van der Waals surface area contributed by atoms with Crippen molar-refractivity contribution < 1.29 is 0 Å². The van der Waals surface area contributed by atoms with Gasteiger partial charge in [0.25, 0.3) is 0 Å². The summed E-state index contributed by atoms with van der Waals surface area (Å²) in [5, 5.41) is 7.40. The van der Waals surface area contributed by atoms with Crippen molar-refractivity contribution in [1.82, 2.24) is 0 Å². The van der Waals surface area contributed by atoms with E-state index in [1.807, 2.05) is 0 Å². The van der Waals surface area contributed by atoms with E-state index in [9.17, 15) is 0 Å². The topological polar surface area (TPSA) is 27.3 Å². The molecule has 2 atom stereocenters. The maximum atomic E-state index is 3.70. The zero-order valence-electron chi connectivity index (χ0n) is 26.7. The highest BCUT2D eigenvalue weighted by atomic mass is 15.1. The molecule has 5 rings (SSSR count). The summed E-state index contributed by atoms with van der Waals surface area (Å²) in [5.74, 6) is 0.146. The van der Waals surface area contributed by atoms with E-state index in [1.54, 1.807) is 0 Å². The Kier molecular flexibility index (Phi) is 10.8. The molecule has 0 amide bonds. The standard InChI is InChI=1S/C41H47N3/c1-5-44(6-2)40-27-21-37(22-28-40)41(35-17-23-38(24-18-35)42-31(3)29-33-13-9-7-10-14-33)36-19-25-39(26-20-36)43-32(4)30-34-15-11-8-12-16-34/h7-28,31-32,41-43H,5-6,29-30H2,1-4H3. The van der Waals surface area contributed by atoms with Gasteiger partial charge in [0, 0.05) is 48.2 Å². The SMILES string of the molecule is CCN(CC)c1ccc(C(c2ccc(NC(C)Cc3ccccc3)cc2)c2ccc(NC(C)Cc3ccccc3)cc2)cc1. The zero-order valence-corrected chi connectivity index (χ0v) is 26.7. The summed E-state index contributed by atoms with van der Waals surface area (Å²) in [6.07, 6.45) is 1.99. The fourth-order valence-corrected chi connectivity index (χ4v) is 6.19. The molecule has 2 N–H and O–H groups in total. The Morgan fingerprint density at radius 2 is 0.841 bits per heavy atom. The molecule has 2 unspecified atom stereocenters. The Labute approximate surface area is 265 Å². The second kappa shape index (κ2) is 15.3. The van der Waals surface area contributed by atoms with Crippen molar-refractivity contribution in [3.63, 3.8) is 0 Å². The molecule has 0 saturated carbocycles. The Hall–Kier alpha value is -4.50. The summed E-state index contributed by atoms with van der Waals surface area (Å²) < 4.78 is 0. The number of anilines is 3. The number of benzene rings is 5. The quantitative estimate of drug-likeness (QED) is 0.128. The van der Waals surface area contributed by atoms with Gasteiger partial charge >= 0.3 is 0 Å². The normalized spacial score (nSPS) is 13.1. The monoisotopic (exact) mass is 581 g/mol. The maximum Gasteiger partial charge on any atom is 0.0366 e. The largest absolute Gasteiger partial charge is 0.382 e. The molecule has 3 nitrogen and oxygen atoms in total. The van der Waals surface area contributed by atoms with Gasteiger partial charge in [-0.2, -0.15) is 0 Å². The van der Waals surface area contributed by atoms with Crippen molar-refractivity contribution in [2.45, 2.75) is 58.5 Å². The molecule has 0 aromatic heterocycles. The molecule has 3 heteroatoms. The molecule has 5 aromatic carbocycles. The van der Waals surface area contributed by atoms with Crippen molar-refractivity contribution >= 4 is 17.1 Å². The minimum absolute atomic E-state index is 0.146. The molecule has 5 aromatic rings. The van der Waals surface area contributed by atoms with Crippen LogP contribution in [0.15, 0.2) is 133 Å². The molecule has 0 spiro atoms. The van der Waals surface area contributed by atoms with Gasteiger partial charge in [-0.05, 0) is 105 Å². The van der Waals surface area contributed by atoms with Crippen LogP contribution in [0.25, 0.3) is 0 Å². The summed E-state index contributed by atoms with van der Waals surface area (Å²) in [5.41, 5.74) is 10.2. The highest BCUT2D eigenvalue weighted by Gasteiger charge is 2.18. The summed E-state index contributed by atoms with van der Waals surface area (Å²) in [6, 6.07) is 49.3. The Morgan fingerprint density at radius 1 is 0.477 bits per heavy atom. The molecule has 0 radical (unpaired) electrons. The van der Waals surface area contributed by atoms with Crippen LogP contribution in [0.5, 0.6) is 0 Å². The first-order valence-electron chi connectivity index (χ1n) is 16.2. The lowest BCUT2D eigenvalue weighted by molar-refractivity contribution is 0.790. The predicted molar refractivity (Wildman–Crippen MR) is 190 cm³/mol. The van der Waals surface area contributed by atoms with E-state index < -0.39 is 0 Å². The summed E-state index contributed by atoms with van der Waals surface area (Å²) in [7, 11) is 0. The van der Waals surface area contributed by atoms with Crippen LogP contribution in [0.2, 0.25) is 0 Å². The van der Waals surface area contributed by atoms with E-state index in [0.717, 1.165) is 37.3 Å². The fourth-order valence-electron chi connectivity index (χ4n) is 6.19. The van der Waals surface area contributed by atoms with E-state index in [1.165, 1.54) is 33.5 Å². The van der Waals surface area contributed by atoms with Gasteiger partial charge in [0.2, 0.25) is 0 Å². The molecule has 0 saturated heterocycles. The Bertz CT molecular complexity index is 1430. The molecule has 0 aliphatic rings. The predicted octanol–water partition coefficient (Wildman–Crippen LogP) is 9.80. The van der Waals surface area contributed by atoms with Crippen molar-refractivity contribution in [2.24, 2.45) is 0 Å². The molecule has 0 heterocycles. The van der Waals surface area contributed by atoms with Crippen molar-refractivity contribution in [2.75, 3.05) is 28.6 Å². The van der Waals surface area contributed by atoms with Gasteiger partial charge in [0.1, 0.15) is 0 Å². The number of rotatable bonds is 14. The molecule has 44 heavy (non-hydrogen) atoms. The van der Waals surface area contributed by atoms with Gasteiger partial charge in [0.05, 0.1) is 0 Å². The second-order valence-electron chi connectivity index (χ2n) is 11.9. The van der Waals surface area contributed by atoms with Crippen LogP contribution < -0.4 is 15.5 Å². The van der Waals surface area contributed by atoms with Crippen LogP contribution in [0.4, 0.5) is 17.1 Å². The first-order chi connectivity index (χ1) is 21.5. The van der Waals surface area contributed by atoms with Gasteiger partial charge in [-0.25, -0.2) is 0 Å². The third-order valence-corrected chi connectivity index (χ3v) is 8.44. The Balaban J connectivity index is 1.35. The molecule has 0 fully saturated rings. The fraction of sp³-hybridized carbons (Fsp3) is 0.268. The van der Waals surface area contributed by atoms with Crippen LogP contribution in [0.3, 0.4) is 0 Å². The lowest BCUT2D eigenvalue weighted by Gasteiger charge is -2.24. The average Bonchev–Trinajstić information content (AvgIpc) is 3.05.